The maximum absolute atomic E-state index is 12.1. The molecule has 0 spiro atoms. The zero-order valence-corrected chi connectivity index (χ0v) is 12.4. The molecule has 5 nitrogen and oxygen atoms in total. The van der Waals surface area contributed by atoms with Crippen LogP contribution in [0.5, 0.6) is 0 Å². The van der Waals surface area contributed by atoms with Gasteiger partial charge in [-0.15, -0.1) is 0 Å². The van der Waals surface area contributed by atoms with Gasteiger partial charge in [0.1, 0.15) is 0 Å². The largest absolute Gasteiger partial charge is 0.478 e. The number of carboxylic acid groups (broad SMARTS) is 1. The van der Waals surface area contributed by atoms with Crippen molar-refractivity contribution in [3.05, 3.63) is 68.5 Å². The van der Waals surface area contributed by atoms with E-state index >= 15 is 0 Å². The molecule has 0 aliphatic carbocycles. The Labute approximate surface area is 128 Å². The van der Waals surface area contributed by atoms with E-state index in [-0.39, 0.29) is 11.3 Å². The summed E-state index contributed by atoms with van der Waals surface area (Å²) in [5.41, 5.74) is 1.62. The van der Waals surface area contributed by atoms with Gasteiger partial charge >= 0.3 is 11.7 Å². The molecule has 0 saturated heterocycles. The SMILES string of the molecule is O=C(O)c1cccc2[nH]c(=O)n(Cc3ccccc3Br)c12. The molecule has 0 radical (unpaired) electrons. The molecule has 0 fully saturated rings. The summed E-state index contributed by atoms with van der Waals surface area (Å²) >= 11 is 3.44. The number of aromatic nitrogens is 2. The molecule has 0 aliphatic rings. The van der Waals surface area contributed by atoms with Crippen LogP contribution in [0.15, 0.2) is 51.7 Å². The molecular formula is C15H11BrN2O3. The van der Waals surface area contributed by atoms with Crippen LogP contribution in [0, 0.1) is 0 Å². The second-order valence-corrected chi connectivity index (χ2v) is 5.47. The Kier molecular flexibility index (Phi) is 3.39. The molecule has 1 heterocycles. The number of rotatable bonds is 3. The number of halogens is 1. The van der Waals surface area contributed by atoms with Gasteiger partial charge in [0.2, 0.25) is 0 Å². The molecule has 0 aliphatic heterocycles. The number of para-hydroxylation sites is 1. The molecule has 21 heavy (non-hydrogen) atoms. The van der Waals surface area contributed by atoms with Crippen LogP contribution >= 0.6 is 15.9 Å². The van der Waals surface area contributed by atoms with Crippen molar-refractivity contribution in [3.8, 4) is 0 Å². The van der Waals surface area contributed by atoms with Gasteiger partial charge in [0.25, 0.3) is 0 Å². The highest BCUT2D eigenvalue weighted by Gasteiger charge is 2.16. The van der Waals surface area contributed by atoms with Crippen molar-refractivity contribution >= 4 is 32.9 Å². The van der Waals surface area contributed by atoms with Crippen LogP contribution in [-0.2, 0) is 6.54 Å². The van der Waals surface area contributed by atoms with E-state index in [4.69, 9.17) is 0 Å². The molecule has 3 rings (SSSR count). The fourth-order valence-corrected chi connectivity index (χ4v) is 2.75. The van der Waals surface area contributed by atoms with Gasteiger partial charge < -0.3 is 10.1 Å². The maximum atomic E-state index is 12.1. The van der Waals surface area contributed by atoms with Crippen LogP contribution in [0.1, 0.15) is 15.9 Å². The third-order valence-corrected chi connectivity index (χ3v) is 4.08. The molecule has 2 aromatic carbocycles. The standard InChI is InChI=1S/C15H11BrN2O3/c16-11-6-2-1-4-9(11)8-18-13-10(14(19)20)5-3-7-12(13)17-15(18)21/h1-7H,8H2,(H,17,21)(H,19,20). The van der Waals surface area contributed by atoms with Crippen molar-refractivity contribution in [2.75, 3.05) is 0 Å². The lowest BCUT2D eigenvalue weighted by atomic mass is 10.1. The number of benzene rings is 2. The third kappa shape index (κ3) is 2.38. The van der Waals surface area contributed by atoms with Crippen LogP contribution in [0.25, 0.3) is 11.0 Å². The Bertz CT molecular complexity index is 895. The smallest absolute Gasteiger partial charge is 0.337 e. The van der Waals surface area contributed by atoms with E-state index in [0.717, 1.165) is 10.0 Å². The van der Waals surface area contributed by atoms with E-state index < -0.39 is 5.97 Å². The topological polar surface area (TPSA) is 75.1 Å². The van der Waals surface area contributed by atoms with E-state index in [1.165, 1.54) is 10.6 Å². The summed E-state index contributed by atoms with van der Waals surface area (Å²) in [5.74, 6) is -1.06. The zero-order chi connectivity index (χ0) is 15.0. The number of carboxylic acids is 1. The molecule has 106 valence electrons. The van der Waals surface area contributed by atoms with Gasteiger partial charge in [0.05, 0.1) is 23.1 Å². The fourth-order valence-electron chi connectivity index (χ4n) is 2.34. The van der Waals surface area contributed by atoms with Crippen LogP contribution in [-0.4, -0.2) is 20.6 Å². The fraction of sp³-hybridized carbons (Fsp3) is 0.0667. The Morgan fingerprint density at radius 2 is 1.95 bits per heavy atom. The average Bonchev–Trinajstić information content (AvgIpc) is 2.77. The third-order valence-electron chi connectivity index (χ3n) is 3.31. The van der Waals surface area contributed by atoms with Crippen LogP contribution in [0.3, 0.4) is 0 Å². The second-order valence-electron chi connectivity index (χ2n) is 4.61. The van der Waals surface area contributed by atoms with Crippen molar-refractivity contribution in [1.29, 1.82) is 0 Å². The van der Waals surface area contributed by atoms with Crippen molar-refractivity contribution in [2.24, 2.45) is 0 Å². The van der Waals surface area contributed by atoms with Crippen molar-refractivity contribution in [3.63, 3.8) is 0 Å². The van der Waals surface area contributed by atoms with E-state index in [2.05, 4.69) is 20.9 Å². The molecule has 0 atom stereocenters. The Balaban J connectivity index is 2.23. The number of nitrogens with one attached hydrogen (secondary N) is 1. The number of fused-ring (bicyclic) bond motifs is 1. The number of nitrogens with zero attached hydrogens (tertiary/aromatic N) is 1. The highest BCUT2D eigenvalue weighted by atomic mass is 79.9. The van der Waals surface area contributed by atoms with E-state index in [1.807, 2.05) is 24.3 Å². The zero-order valence-electron chi connectivity index (χ0n) is 10.8. The summed E-state index contributed by atoms with van der Waals surface area (Å²) in [6, 6.07) is 12.3. The van der Waals surface area contributed by atoms with Gasteiger partial charge in [-0.1, -0.05) is 40.2 Å². The minimum atomic E-state index is -1.06. The van der Waals surface area contributed by atoms with E-state index in [0.29, 0.717) is 17.6 Å². The number of aromatic amines is 1. The van der Waals surface area contributed by atoms with Crippen molar-refractivity contribution < 1.29 is 9.90 Å². The predicted octanol–water partition coefficient (Wildman–Crippen LogP) is 2.84. The lowest BCUT2D eigenvalue weighted by molar-refractivity contribution is 0.0698. The van der Waals surface area contributed by atoms with E-state index in [9.17, 15) is 14.7 Å². The first-order valence-electron chi connectivity index (χ1n) is 6.26. The minimum absolute atomic E-state index is 0.109. The van der Waals surface area contributed by atoms with Crippen LogP contribution in [0.4, 0.5) is 0 Å². The molecule has 6 heteroatoms. The quantitative estimate of drug-likeness (QED) is 0.765. The number of hydrogen-bond donors (Lipinski definition) is 2. The molecule has 2 N–H and O–H groups in total. The van der Waals surface area contributed by atoms with Gasteiger partial charge in [0, 0.05) is 4.47 Å². The highest BCUT2D eigenvalue weighted by Crippen LogP contribution is 2.21. The predicted molar refractivity (Wildman–Crippen MR) is 82.8 cm³/mol. The van der Waals surface area contributed by atoms with Gasteiger partial charge in [-0.2, -0.15) is 0 Å². The normalized spacial score (nSPS) is 10.9. The molecular weight excluding hydrogens is 336 g/mol. The van der Waals surface area contributed by atoms with E-state index in [1.54, 1.807) is 12.1 Å². The summed E-state index contributed by atoms with van der Waals surface area (Å²) in [4.78, 5) is 26.2. The first kappa shape index (κ1) is 13.6. The Morgan fingerprint density at radius 1 is 1.19 bits per heavy atom. The summed E-state index contributed by atoms with van der Waals surface area (Å²) in [7, 11) is 0. The van der Waals surface area contributed by atoms with Gasteiger partial charge in [-0.05, 0) is 23.8 Å². The molecule has 3 aromatic rings. The first-order chi connectivity index (χ1) is 10.1. The first-order valence-corrected chi connectivity index (χ1v) is 7.05. The summed E-state index contributed by atoms with van der Waals surface area (Å²) < 4.78 is 2.32. The molecule has 0 saturated carbocycles. The molecule has 0 bridgehead atoms. The van der Waals surface area contributed by atoms with Crippen molar-refractivity contribution in [2.45, 2.75) is 6.54 Å². The monoisotopic (exact) mass is 346 g/mol. The molecule has 0 amide bonds. The number of H-pyrrole nitrogens is 1. The summed E-state index contributed by atoms with van der Waals surface area (Å²) in [6.45, 7) is 0.296. The number of carbonyl (C=O) groups is 1. The van der Waals surface area contributed by atoms with Crippen LogP contribution < -0.4 is 5.69 Å². The maximum Gasteiger partial charge on any atom is 0.337 e. The molecule has 1 aromatic heterocycles. The van der Waals surface area contributed by atoms with Crippen molar-refractivity contribution in [1.82, 2.24) is 9.55 Å². The summed E-state index contributed by atoms with van der Waals surface area (Å²) in [5, 5.41) is 9.30. The Morgan fingerprint density at radius 3 is 2.67 bits per heavy atom. The molecule has 0 unspecified atom stereocenters. The number of hydrogen-bond acceptors (Lipinski definition) is 2. The minimum Gasteiger partial charge on any atom is -0.478 e. The lowest BCUT2D eigenvalue weighted by Crippen LogP contribution is -2.18. The van der Waals surface area contributed by atoms with Crippen LogP contribution in [0.2, 0.25) is 0 Å². The number of imidazole rings is 1. The highest BCUT2D eigenvalue weighted by molar-refractivity contribution is 9.10. The summed E-state index contributed by atoms with van der Waals surface area (Å²) in [6.07, 6.45) is 0. The van der Waals surface area contributed by atoms with Gasteiger partial charge in [0.15, 0.2) is 0 Å². The lowest BCUT2D eigenvalue weighted by Gasteiger charge is -2.07. The second kappa shape index (κ2) is 5.21. The number of aromatic carboxylic acids is 1. The van der Waals surface area contributed by atoms with Gasteiger partial charge in [-0.25, -0.2) is 9.59 Å². The van der Waals surface area contributed by atoms with Gasteiger partial charge in [-0.3, -0.25) is 4.57 Å². The Hall–Kier alpha value is -2.34. The average molecular weight is 347 g/mol.